The van der Waals surface area contributed by atoms with Crippen LogP contribution in [0, 0.1) is 0 Å². The largest absolute Gasteiger partial charge is 0.482 e. The van der Waals surface area contributed by atoms with Gasteiger partial charge in [-0.1, -0.05) is 63.7 Å². The second-order valence-electron chi connectivity index (χ2n) is 6.12. The van der Waals surface area contributed by atoms with Gasteiger partial charge in [-0.05, 0) is 36.8 Å². The lowest BCUT2D eigenvalue weighted by molar-refractivity contribution is -0.142. The van der Waals surface area contributed by atoms with E-state index in [2.05, 4.69) is 21.2 Å². The number of carbonyl (C=O) groups excluding carboxylic acids is 2. The molecule has 0 fully saturated rings. The van der Waals surface area contributed by atoms with Crippen LogP contribution >= 0.6 is 50.7 Å². The molecular weight excluding hydrogens is 502 g/mol. The number of nitrogens with zero attached hydrogens (tertiary/aromatic N) is 1. The third-order valence-corrected chi connectivity index (χ3v) is 5.76. The molecule has 0 spiro atoms. The molecule has 2 amide bonds. The summed E-state index contributed by atoms with van der Waals surface area (Å²) >= 11 is 22.0. The molecule has 1 atom stereocenters. The van der Waals surface area contributed by atoms with Crippen molar-refractivity contribution in [1.29, 1.82) is 0 Å². The number of nitrogens with one attached hydrogen (secondary N) is 1. The molecule has 0 unspecified atom stereocenters. The van der Waals surface area contributed by atoms with Crippen LogP contribution in [0.5, 0.6) is 5.75 Å². The zero-order valence-electron chi connectivity index (χ0n) is 15.8. The van der Waals surface area contributed by atoms with Crippen LogP contribution in [0.4, 0.5) is 0 Å². The summed E-state index contributed by atoms with van der Waals surface area (Å²) in [5.74, 6) is -0.312. The van der Waals surface area contributed by atoms with E-state index in [4.69, 9.17) is 39.5 Å². The predicted octanol–water partition coefficient (Wildman–Crippen LogP) is 5.34. The molecule has 156 valence electrons. The Kier molecular flexibility index (Phi) is 9.08. The molecule has 2 rings (SSSR count). The molecule has 1 N–H and O–H groups in total. The highest BCUT2D eigenvalue weighted by molar-refractivity contribution is 9.10. The summed E-state index contributed by atoms with van der Waals surface area (Å²) in [7, 11) is 1.52. The molecule has 9 heteroatoms. The van der Waals surface area contributed by atoms with Crippen molar-refractivity contribution >= 4 is 62.5 Å². The number of rotatable bonds is 8. The molecule has 0 heterocycles. The Labute approximate surface area is 193 Å². The van der Waals surface area contributed by atoms with E-state index in [1.165, 1.54) is 11.9 Å². The van der Waals surface area contributed by atoms with Crippen LogP contribution in [0.15, 0.2) is 40.9 Å². The van der Waals surface area contributed by atoms with Crippen LogP contribution in [-0.2, 0) is 16.1 Å². The highest BCUT2D eigenvalue weighted by Gasteiger charge is 2.29. The summed E-state index contributed by atoms with van der Waals surface area (Å²) in [6, 6.07) is 9.47. The van der Waals surface area contributed by atoms with E-state index in [-0.39, 0.29) is 19.1 Å². The standard InChI is InChI=1S/C20H20BrCl3N2O3/c1-3-17(20(28)25-2)26(10-13-14(22)5-4-6-15(13)23)19(27)11-29-18-8-7-12(21)9-16(18)24/h4-9,17H,3,10-11H2,1-2H3,(H,25,28)/t17-/m0/s1. The van der Waals surface area contributed by atoms with Crippen molar-refractivity contribution in [3.63, 3.8) is 0 Å². The van der Waals surface area contributed by atoms with Crippen LogP contribution in [0.3, 0.4) is 0 Å². The Bertz CT molecular complexity index is 875. The van der Waals surface area contributed by atoms with Gasteiger partial charge in [-0.15, -0.1) is 0 Å². The molecule has 0 aliphatic rings. The molecular formula is C20H20BrCl3N2O3. The highest BCUT2D eigenvalue weighted by Crippen LogP contribution is 2.29. The number of amides is 2. The molecule has 0 aliphatic heterocycles. The maximum Gasteiger partial charge on any atom is 0.261 e. The Morgan fingerprint density at radius 1 is 1.14 bits per heavy atom. The van der Waals surface area contributed by atoms with E-state index in [1.54, 1.807) is 36.4 Å². The van der Waals surface area contributed by atoms with Gasteiger partial charge in [-0.3, -0.25) is 9.59 Å². The second kappa shape index (κ2) is 11.1. The van der Waals surface area contributed by atoms with Crippen LogP contribution in [0.1, 0.15) is 18.9 Å². The normalized spacial score (nSPS) is 11.7. The number of benzene rings is 2. The van der Waals surface area contributed by atoms with Crippen LogP contribution in [-0.4, -0.2) is 36.4 Å². The quantitative estimate of drug-likeness (QED) is 0.509. The molecule has 0 aliphatic carbocycles. The highest BCUT2D eigenvalue weighted by atomic mass is 79.9. The minimum absolute atomic E-state index is 0.0701. The van der Waals surface area contributed by atoms with Crippen LogP contribution in [0.2, 0.25) is 15.1 Å². The third kappa shape index (κ3) is 6.25. The second-order valence-corrected chi connectivity index (χ2v) is 8.26. The number of carbonyl (C=O) groups is 2. The topological polar surface area (TPSA) is 58.6 Å². The van der Waals surface area contributed by atoms with Gasteiger partial charge in [0.25, 0.3) is 5.91 Å². The number of likely N-dealkylation sites (N-methyl/N-ethyl adjacent to an activating group) is 1. The van der Waals surface area contributed by atoms with Crippen molar-refractivity contribution in [1.82, 2.24) is 10.2 Å². The SMILES string of the molecule is CC[C@@H](C(=O)NC)N(Cc1c(Cl)cccc1Cl)C(=O)COc1ccc(Br)cc1Cl. The summed E-state index contributed by atoms with van der Waals surface area (Å²) in [6.07, 6.45) is 0.409. The number of hydrogen-bond acceptors (Lipinski definition) is 3. The molecule has 0 saturated heterocycles. The van der Waals surface area contributed by atoms with E-state index >= 15 is 0 Å². The van der Waals surface area contributed by atoms with E-state index in [0.29, 0.717) is 32.8 Å². The fourth-order valence-corrected chi connectivity index (χ4v) is 4.00. The first-order valence-corrected chi connectivity index (χ1v) is 10.7. The first kappa shape index (κ1) is 23.8. The van der Waals surface area contributed by atoms with Gasteiger partial charge in [0.1, 0.15) is 11.8 Å². The summed E-state index contributed by atoms with van der Waals surface area (Å²) in [6.45, 7) is 1.60. The third-order valence-electron chi connectivity index (χ3n) is 4.27. The van der Waals surface area contributed by atoms with Gasteiger partial charge < -0.3 is 15.0 Å². The maximum absolute atomic E-state index is 13.0. The fourth-order valence-electron chi connectivity index (χ4n) is 2.75. The number of halogens is 4. The molecule has 2 aromatic carbocycles. The van der Waals surface area contributed by atoms with Crippen LogP contribution < -0.4 is 10.1 Å². The van der Waals surface area contributed by atoms with E-state index in [9.17, 15) is 9.59 Å². The zero-order valence-corrected chi connectivity index (χ0v) is 19.7. The first-order valence-electron chi connectivity index (χ1n) is 8.80. The molecule has 0 bridgehead atoms. The van der Waals surface area contributed by atoms with Gasteiger partial charge >= 0.3 is 0 Å². The number of ether oxygens (including phenoxy) is 1. The van der Waals surface area contributed by atoms with Gasteiger partial charge in [0.05, 0.1) is 5.02 Å². The molecule has 2 aromatic rings. The Morgan fingerprint density at radius 2 is 1.79 bits per heavy atom. The van der Waals surface area contributed by atoms with E-state index in [0.717, 1.165) is 4.47 Å². The summed E-state index contributed by atoms with van der Waals surface area (Å²) in [4.78, 5) is 26.8. The molecule has 0 saturated carbocycles. The van der Waals surface area contributed by atoms with Gasteiger partial charge in [-0.25, -0.2) is 0 Å². The van der Waals surface area contributed by atoms with Crippen molar-refractivity contribution in [3.8, 4) is 5.75 Å². The van der Waals surface area contributed by atoms with E-state index in [1.807, 2.05) is 6.92 Å². The maximum atomic E-state index is 13.0. The average Bonchev–Trinajstić information content (AvgIpc) is 2.68. The summed E-state index contributed by atoms with van der Waals surface area (Å²) < 4.78 is 6.39. The minimum Gasteiger partial charge on any atom is -0.482 e. The average molecular weight is 523 g/mol. The Hall–Kier alpha value is -1.47. The molecule has 0 aromatic heterocycles. The first-order chi connectivity index (χ1) is 13.8. The lowest BCUT2D eigenvalue weighted by atomic mass is 10.1. The minimum atomic E-state index is -0.705. The van der Waals surface area contributed by atoms with Crippen molar-refractivity contribution in [2.45, 2.75) is 25.9 Å². The van der Waals surface area contributed by atoms with Crippen molar-refractivity contribution in [2.75, 3.05) is 13.7 Å². The lowest BCUT2D eigenvalue weighted by Gasteiger charge is -2.30. The molecule has 29 heavy (non-hydrogen) atoms. The van der Waals surface area contributed by atoms with Crippen LogP contribution in [0.25, 0.3) is 0 Å². The van der Waals surface area contributed by atoms with Gasteiger partial charge in [0.2, 0.25) is 5.91 Å². The lowest BCUT2D eigenvalue weighted by Crippen LogP contribution is -2.49. The Morgan fingerprint density at radius 3 is 2.34 bits per heavy atom. The summed E-state index contributed by atoms with van der Waals surface area (Å²) in [5, 5.41) is 3.79. The molecule has 5 nitrogen and oxygen atoms in total. The van der Waals surface area contributed by atoms with Crippen molar-refractivity contribution in [3.05, 3.63) is 61.5 Å². The van der Waals surface area contributed by atoms with Crippen molar-refractivity contribution < 1.29 is 14.3 Å². The smallest absolute Gasteiger partial charge is 0.261 e. The van der Waals surface area contributed by atoms with Crippen molar-refractivity contribution in [2.24, 2.45) is 0 Å². The Balaban J connectivity index is 2.28. The van der Waals surface area contributed by atoms with E-state index < -0.39 is 11.9 Å². The zero-order chi connectivity index (χ0) is 21.6. The van der Waals surface area contributed by atoms with Gasteiger partial charge in [0.15, 0.2) is 6.61 Å². The molecule has 0 radical (unpaired) electrons. The predicted molar refractivity (Wildman–Crippen MR) is 120 cm³/mol. The monoisotopic (exact) mass is 520 g/mol. The van der Waals surface area contributed by atoms with Gasteiger partial charge in [0, 0.05) is 33.7 Å². The fraction of sp³-hybridized carbons (Fsp3) is 0.300. The number of hydrogen-bond donors (Lipinski definition) is 1. The van der Waals surface area contributed by atoms with Gasteiger partial charge in [-0.2, -0.15) is 0 Å². The summed E-state index contributed by atoms with van der Waals surface area (Å²) in [5.41, 5.74) is 0.563.